The summed E-state index contributed by atoms with van der Waals surface area (Å²) >= 11 is 3.52. The maximum absolute atomic E-state index is 2.25. The van der Waals surface area contributed by atoms with Crippen LogP contribution in [0.2, 0.25) is 0 Å². The highest BCUT2D eigenvalue weighted by Crippen LogP contribution is 2.23. The number of hydrogen-bond acceptors (Lipinski definition) is 2. The molecule has 0 aromatic carbocycles. The van der Waals surface area contributed by atoms with E-state index in [9.17, 15) is 0 Å². The van der Waals surface area contributed by atoms with Gasteiger partial charge in [0.05, 0.1) is 0 Å². The molecule has 4 heterocycles. The molecular formula is C17H12NS2+. The summed E-state index contributed by atoms with van der Waals surface area (Å²) in [6.45, 7) is 0. The Morgan fingerprint density at radius 3 is 2.70 bits per heavy atom. The monoisotopic (exact) mass is 294 g/mol. The molecule has 96 valence electrons. The number of thiophene rings is 2. The van der Waals surface area contributed by atoms with Crippen LogP contribution in [0.3, 0.4) is 0 Å². The second kappa shape index (κ2) is 4.85. The van der Waals surface area contributed by atoms with Crippen molar-refractivity contribution in [2.75, 3.05) is 0 Å². The van der Waals surface area contributed by atoms with E-state index in [-0.39, 0.29) is 0 Å². The smallest absolute Gasteiger partial charge is 0.166 e. The third-order valence-corrected chi connectivity index (χ3v) is 5.02. The second-order valence-electron chi connectivity index (χ2n) is 4.66. The summed E-state index contributed by atoms with van der Waals surface area (Å²) in [4.78, 5) is 0. The molecule has 0 radical (unpaired) electrons. The number of fused-ring (bicyclic) bond motifs is 3. The van der Waals surface area contributed by atoms with Crippen molar-refractivity contribution < 1.29 is 4.40 Å². The molecule has 0 fully saturated rings. The van der Waals surface area contributed by atoms with Crippen LogP contribution in [-0.4, -0.2) is 0 Å². The zero-order valence-electron chi connectivity index (χ0n) is 10.7. The second-order valence-corrected chi connectivity index (χ2v) is 6.36. The molecule has 0 aliphatic rings. The molecule has 0 saturated heterocycles. The van der Waals surface area contributed by atoms with E-state index in [1.165, 1.54) is 26.7 Å². The molecule has 0 spiro atoms. The van der Waals surface area contributed by atoms with Gasteiger partial charge >= 0.3 is 0 Å². The highest BCUT2D eigenvalue weighted by Gasteiger charge is 2.08. The number of hydrogen-bond donors (Lipinski definition) is 0. The fourth-order valence-electron chi connectivity index (χ4n) is 2.33. The highest BCUT2D eigenvalue weighted by atomic mass is 32.1. The lowest BCUT2D eigenvalue weighted by molar-refractivity contribution is -0.510. The number of nitrogens with zero attached hydrogens (tertiary/aromatic N) is 1. The summed E-state index contributed by atoms with van der Waals surface area (Å²) < 4.78 is 3.53. The van der Waals surface area contributed by atoms with Crippen LogP contribution in [0.5, 0.6) is 0 Å². The van der Waals surface area contributed by atoms with Gasteiger partial charge in [-0.2, -0.15) is 15.7 Å². The van der Waals surface area contributed by atoms with Gasteiger partial charge in [-0.05, 0) is 39.4 Å². The van der Waals surface area contributed by atoms with Crippen LogP contribution in [0.1, 0.15) is 11.1 Å². The van der Waals surface area contributed by atoms with Crippen molar-refractivity contribution in [3.63, 3.8) is 0 Å². The van der Waals surface area contributed by atoms with Crippen LogP contribution in [0.4, 0.5) is 0 Å². The summed E-state index contributed by atoms with van der Waals surface area (Å²) in [7, 11) is 0. The number of aromatic nitrogens is 1. The van der Waals surface area contributed by atoms with Crippen molar-refractivity contribution in [2.24, 2.45) is 0 Å². The van der Waals surface area contributed by atoms with E-state index in [2.05, 4.69) is 75.4 Å². The Kier molecular flexibility index (Phi) is 2.87. The van der Waals surface area contributed by atoms with Gasteiger partial charge in [-0.1, -0.05) is 12.2 Å². The van der Waals surface area contributed by atoms with Crippen molar-refractivity contribution in [1.29, 1.82) is 0 Å². The summed E-state index contributed by atoms with van der Waals surface area (Å²) in [5.41, 5.74) is 3.76. The molecule has 0 saturated carbocycles. The van der Waals surface area contributed by atoms with Gasteiger partial charge in [-0.25, -0.2) is 0 Å². The zero-order chi connectivity index (χ0) is 13.4. The van der Waals surface area contributed by atoms with Crippen molar-refractivity contribution in [1.82, 2.24) is 0 Å². The van der Waals surface area contributed by atoms with E-state index in [1.807, 2.05) is 0 Å². The van der Waals surface area contributed by atoms with E-state index in [0.29, 0.717) is 0 Å². The fourth-order valence-corrected chi connectivity index (χ4v) is 3.86. The Morgan fingerprint density at radius 1 is 0.900 bits per heavy atom. The fraction of sp³-hybridized carbons (Fsp3) is 0. The van der Waals surface area contributed by atoms with E-state index >= 15 is 0 Å². The molecular weight excluding hydrogens is 282 g/mol. The first-order chi connectivity index (χ1) is 9.90. The first kappa shape index (κ1) is 11.8. The number of pyridine rings is 2. The van der Waals surface area contributed by atoms with Gasteiger partial charge in [0.25, 0.3) is 0 Å². The van der Waals surface area contributed by atoms with E-state index in [0.717, 1.165) is 0 Å². The third-order valence-electron chi connectivity index (χ3n) is 3.36. The quantitative estimate of drug-likeness (QED) is 0.464. The zero-order valence-corrected chi connectivity index (χ0v) is 12.3. The molecule has 4 rings (SSSR count). The molecule has 0 aliphatic carbocycles. The van der Waals surface area contributed by atoms with Crippen LogP contribution < -0.4 is 4.40 Å². The van der Waals surface area contributed by atoms with Crippen LogP contribution >= 0.6 is 22.7 Å². The highest BCUT2D eigenvalue weighted by molar-refractivity contribution is 7.18. The molecule has 4 aromatic rings. The molecule has 0 atom stereocenters. The Hall–Kier alpha value is -1.97. The van der Waals surface area contributed by atoms with E-state index in [4.69, 9.17) is 0 Å². The molecule has 0 unspecified atom stereocenters. The van der Waals surface area contributed by atoms with Crippen molar-refractivity contribution in [2.45, 2.75) is 0 Å². The average molecular weight is 294 g/mol. The third kappa shape index (κ3) is 2.05. The largest absolute Gasteiger partial charge is 0.229 e. The summed E-state index contributed by atoms with van der Waals surface area (Å²) in [6.07, 6.45) is 8.59. The maximum Gasteiger partial charge on any atom is 0.229 e. The van der Waals surface area contributed by atoms with Crippen LogP contribution in [0.15, 0.2) is 58.9 Å². The Morgan fingerprint density at radius 2 is 1.80 bits per heavy atom. The minimum Gasteiger partial charge on any atom is -0.166 e. The van der Waals surface area contributed by atoms with Gasteiger partial charge in [-0.3, -0.25) is 0 Å². The molecule has 4 aromatic heterocycles. The van der Waals surface area contributed by atoms with Gasteiger partial charge < -0.3 is 0 Å². The number of rotatable bonds is 2. The Balaban J connectivity index is 1.85. The lowest BCUT2D eigenvalue weighted by Gasteiger charge is -1.95. The van der Waals surface area contributed by atoms with Crippen LogP contribution in [0, 0.1) is 0 Å². The van der Waals surface area contributed by atoms with Gasteiger partial charge in [0.1, 0.15) is 4.70 Å². The molecule has 1 nitrogen and oxygen atoms in total. The summed E-state index contributed by atoms with van der Waals surface area (Å²) in [6, 6.07) is 10.9. The van der Waals surface area contributed by atoms with Crippen molar-refractivity contribution in [3.8, 4) is 0 Å². The average Bonchev–Trinajstić information content (AvgIpc) is 3.16. The van der Waals surface area contributed by atoms with Crippen LogP contribution in [0.25, 0.3) is 27.8 Å². The summed E-state index contributed by atoms with van der Waals surface area (Å²) in [5, 5.41) is 7.72. The predicted octanol–water partition coefficient (Wildman–Crippen LogP) is 4.87. The molecule has 0 N–H and O–H groups in total. The van der Waals surface area contributed by atoms with Crippen molar-refractivity contribution >= 4 is 50.4 Å². The maximum atomic E-state index is 2.25. The first-order valence-corrected chi connectivity index (χ1v) is 8.24. The summed E-state index contributed by atoms with van der Waals surface area (Å²) in [5.74, 6) is 0. The minimum atomic E-state index is 1.23. The SMILES string of the molecule is C(=C\c1cc[n+]2ccc3ccsc3c2c1)/c1ccsc1. The van der Waals surface area contributed by atoms with Gasteiger partial charge in [0.2, 0.25) is 5.52 Å². The molecule has 0 amide bonds. The Labute approximate surface area is 125 Å². The van der Waals surface area contributed by atoms with Gasteiger partial charge in [0, 0.05) is 23.6 Å². The normalized spacial score (nSPS) is 11.8. The minimum absolute atomic E-state index is 1.23. The molecule has 0 aliphatic heterocycles. The standard InChI is InChI=1S/C17H12NS2/c1(2-14-5-9-19-12-14)13-3-7-18-8-4-15-6-10-20-17(15)16(18)11-13/h1-12H/q+1/b2-1+. The molecule has 0 bridgehead atoms. The van der Waals surface area contributed by atoms with E-state index < -0.39 is 0 Å². The first-order valence-electron chi connectivity index (χ1n) is 6.42. The van der Waals surface area contributed by atoms with Gasteiger partial charge in [-0.15, -0.1) is 11.3 Å². The lowest BCUT2D eigenvalue weighted by atomic mass is 10.2. The topological polar surface area (TPSA) is 4.10 Å². The predicted molar refractivity (Wildman–Crippen MR) is 88.2 cm³/mol. The van der Waals surface area contributed by atoms with Crippen LogP contribution in [-0.2, 0) is 0 Å². The van der Waals surface area contributed by atoms with E-state index in [1.54, 1.807) is 22.7 Å². The Bertz CT molecular complexity index is 901. The molecule has 3 heteroatoms. The van der Waals surface area contributed by atoms with Gasteiger partial charge in [0.15, 0.2) is 12.4 Å². The van der Waals surface area contributed by atoms with Crippen molar-refractivity contribution in [3.05, 3.63) is 70.0 Å². The lowest BCUT2D eigenvalue weighted by Crippen LogP contribution is -2.19. The molecule has 20 heavy (non-hydrogen) atoms.